The normalized spacial score (nSPS) is 22.9. The van der Waals surface area contributed by atoms with Crippen LogP contribution in [0.15, 0.2) is 12.2 Å². The predicted octanol–water partition coefficient (Wildman–Crippen LogP) is 7.29. The first-order valence-corrected chi connectivity index (χ1v) is 17.3. The molecule has 1 aliphatic heterocycles. The molecular weight excluding hydrogens is 544 g/mol. The van der Waals surface area contributed by atoms with Gasteiger partial charge in [-0.1, -0.05) is 84.3 Å². The minimum atomic E-state index is -0.831. The van der Waals surface area contributed by atoms with E-state index in [1.54, 1.807) is 13.8 Å². The Labute approximate surface area is 261 Å². The molecule has 43 heavy (non-hydrogen) atoms. The highest BCUT2D eigenvalue weighted by Crippen LogP contribution is 2.34. The van der Waals surface area contributed by atoms with Crippen LogP contribution in [0.2, 0.25) is 0 Å². The topological polar surface area (TPSA) is 103 Å². The fourth-order valence-electron chi connectivity index (χ4n) is 5.80. The zero-order chi connectivity index (χ0) is 31.6. The summed E-state index contributed by atoms with van der Waals surface area (Å²) >= 11 is 0. The van der Waals surface area contributed by atoms with Gasteiger partial charge in [0, 0.05) is 18.4 Å². The van der Waals surface area contributed by atoms with E-state index in [0.717, 1.165) is 44.9 Å². The molecule has 2 rings (SSSR count). The summed E-state index contributed by atoms with van der Waals surface area (Å²) in [4.78, 5) is 37.8. The lowest BCUT2D eigenvalue weighted by atomic mass is 9.85. The third-order valence-corrected chi connectivity index (χ3v) is 8.52. The van der Waals surface area contributed by atoms with E-state index in [-0.39, 0.29) is 42.9 Å². The lowest BCUT2D eigenvalue weighted by Gasteiger charge is -2.44. The highest BCUT2D eigenvalue weighted by molar-refractivity contribution is 5.82. The van der Waals surface area contributed by atoms with Gasteiger partial charge in [0.15, 0.2) is 5.79 Å². The average Bonchev–Trinajstić information content (AvgIpc) is 3.38. The maximum absolute atomic E-state index is 12.8. The van der Waals surface area contributed by atoms with Crippen LogP contribution < -0.4 is 10.6 Å². The van der Waals surface area contributed by atoms with Crippen LogP contribution in [0.25, 0.3) is 0 Å². The zero-order valence-electron chi connectivity index (χ0n) is 28.0. The SMILES string of the molecule is CCCCCCCC/C=C/CCCCCCCC(=O)NC1CCCC1OC(=O)CCNC(=O)C1OC(C)(C)OCC1(C)C. The van der Waals surface area contributed by atoms with E-state index in [4.69, 9.17) is 14.2 Å². The molecule has 1 saturated heterocycles. The third-order valence-electron chi connectivity index (χ3n) is 8.52. The number of ether oxygens (including phenoxy) is 3. The minimum Gasteiger partial charge on any atom is -0.460 e. The van der Waals surface area contributed by atoms with E-state index in [1.165, 1.54) is 57.8 Å². The van der Waals surface area contributed by atoms with E-state index in [9.17, 15) is 14.4 Å². The van der Waals surface area contributed by atoms with E-state index >= 15 is 0 Å². The van der Waals surface area contributed by atoms with Gasteiger partial charge in [-0.05, 0) is 65.2 Å². The quantitative estimate of drug-likeness (QED) is 0.0808. The number of rotatable bonds is 21. The second-order valence-corrected chi connectivity index (χ2v) is 13.7. The molecule has 2 aliphatic rings. The maximum atomic E-state index is 12.8. The molecule has 3 atom stereocenters. The van der Waals surface area contributed by atoms with Crippen LogP contribution in [0.3, 0.4) is 0 Å². The van der Waals surface area contributed by atoms with Crippen molar-refractivity contribution in [2.24, 2.45) is 5.41 Å². The molecule has 0 bridgehead atoms. The van der Waals surface area contributed by atoms with Crippen LogP contribution in [-0.4, -0.2) is 55.0 Å². The van der Waals surface area contributed by atoms with Gasteiger partial charge in [0.05, 0.1) is 19.1 Å². The van der Waals surface area contributed by atoms with Crippen molar-refractivity contribution in [1.82, 2.24) is 10.6 Å². The van der Waals surface area contributed by atoms with Crippen LogP contribution in [0.1, 0.15) is 150 Å². The van der Waals surface area contributed by atoms with Gasteiger partial charge in [-0.15, -0.1) is 0 Å². The molecule has 2 amide bonds. The summed E-state index contributed by atoms with van der Waals surface area (Å²) in [5, 5.41) is 5.91. The Morgan fingerprint density at radius 2 is 1.47 bits per heavy atom. The van der Waals surface area contributed by atoms with E-state index in [0.29, 0.717) is 13.0 Å². The number of amides is 2. The van der Waals surface area contributed by atoms with Crippen molar-refractivity contribution in [2.45, 2.75) is 174 Å². The Hall–Kier alpha value is -1.93. The Kier molecular flexibility index (Phi) is 17.5. The molecule has 0 aromatic carbocycles. The first-order chi connectivity index (χ1) is 20.5. The fourth-order valence-corrected chi connectivity index (χ4v) is 5.80. The average molecular weight is 607 g/mol. The van der Waals surface area contributed by atoms with Crippen LogP contribution in [0, 0.1) is 5.41 Å². The lowest BCUT2D eigenvalue weighted by Crippen LogP contribution is -2.56. The van der Waals surface area contributed by atoms with Crippen molar-refractivity contribution >= 4 is 17.8 Å². The fraction of sp³-hybridized carbons (Fsp3) is 0.857. The zero-order valence-corrected chi connectivity index (χ0v) is 28.0. The number of esters is 1. The van der Waals surface area contributed by atoms with E-state index < -0.39 is 17.3 Å². The van der Waals surface area contributed by atoms with Crippen molar-refractivity contribution in [3.63, 3.8) is 0 Å². The standard InChI is InChI=1S/C35H62N2O6/c1-6-7-8-9-10-11-12-13-14-15-16-17-18-19-20-24-30(38)37-28-22-21-23-29(28)42-31(39)25-26-36-33(40)32-34(2,3)27-41-35(4,5)43-32/h13-14,28-29,32H,6-12,15-27H2,1-5H3,(H,36,40)(H,37,38)/b14-13+. The Morgan fingerprint density at radius 3 is 2.14 bits per heavy atom. The van der Waals surface area contributed by atoms with Gasteiger partial charge in [-0.2, -0.15) is 0 Å². The number of unbranched alkanes of at least 4 members (excludes halogenated alkanes) is 11. The molecule has 2 fully saturated rings. The van der Waals surface area contributed by atoms with Gasteiger partial charge in [-0.25, -0.2) is 0 Å². The molecule has 8 nitrogen and oxygen atoms in total. The van der Waals surface area contributed by atoms with Gasteiger partial charge in [0.2, 0.25) is 11.8 Å². The molecule has 1 heterocycles. The molecule has 3 unspecified atom stereocenters. The number of allylic oxidation sites excluding steroid dienone is 2. The van der Waals surface area contributed by atoms with Crippen LogP contribution in [-0.2, 0) is 28.6 Å². The summed E-state index contributed by atoms with van der Waals surface area (Å²) in [6, 6.07) is -0.132. The Bertz CT molecular complexity index is 855. The van der Waals surface area contributed by atoms with Crippen molar-refractivity contribution in [1.29, 1.82) is 0 Å². The number of nitrogens with one attached hydrogen (secondary N) is 2. The van der Waals surface area contributed by atoms with Gasteiger partial charge in [0.25, 0.3) is 0 Å². The molecule has 1 aliphatic carbocycles. The lowest BCUT2D eigenvalue weighted by molar-refractivity contribution is -0.304. The Morgan fingerprint density at radius 1 is 0.837 bits per heavy atom. The number of hydrogen-bond donors (Lipinski definition) is 2. The molecule has 2 N–H and O–H groups in total. The third kappa shape index (κ3) is 15.6. The molecule has 8 heteroatoms. The molecule has 0 radical (unpaired) electrons. The number of carbonyl (C=O) groups excluding carboxylic acids is 3. The van der Waals surface area contributed by atoms with Crippen molar-refractivity contribution in [3.8, 4) is 0 Å². The summed E-state index contributed by atoms with van der Waals surface area (Å²) in [6.45, 7) is 10.3. The molecule has 1 saturated carbocycles. The first-order valence-electron chi connectivity index (χ1n) is 17.3. The summed E-state index contributed by atoms with van der Waals surface area (Å²) in [6.07, 6.45) is 22.8. The minimum absolute atomic E-state index is 0.0415. The maximum Gasteiger partial charge on any atom is 0.307 e. The smallest absolute Gasteiger partial charge is 0.307 e. The highest BCUT2D eigenvalue weighted by Gasteiger charge is 2.45. The van der Waals surface area contributed by atoms with Crippen LogP contribution in [0.5, 0.6) is 0 Å². The summed E-state index contributed by atoms with van der Waals surface area (Å²) in [5.41, 5.74) is -0.473. The molecular formula is C35H62N2O6. The second-order valence-electron chi connectivity index (χ2n) is 13.7. The first kappa shape index (κ1) is 37.3. The molecule has 0 aromatic rings. The molecule has 248 valence electrons. The van der Waals surface area contributed by atoms with Gasteiger partial charge >= 0.3 is 5.97 Å². The van der Waals surface area contributed by atoms with Crippen LogP contribution in [0.4, 0.5) is 0 Å². The summed E-state index contributed by atoms with van der Waals surface area (Å²) < 4.78 is 17.2. The van der Waals surface area contributed by atoms with Crippen LogP contribution >= 0.6 is 0 Å². The summed E-state index contributed by atoms with van der Waals surface area (Å²) in [7, 11) is 0. The predicted molar refractivity (Wildman–Crippen MR) is 171 cm³/mol. The van der Waals surface area contributed by atoms with Crippen molar-refractivity contribution in [3.05, 3.63) is 12.2 Å². The molecule has 0 aromatic heterocycles. The van der Waals surface area contributed by atoms with Gasteiger partial charge in [0.1, 0.15) is 12.2 Å². The monoisotopic (exact) mass is 606 g/mol. The van der Waals surface area contributed by atoms with Gasteiger partial charge < -0.3 is 24.8 Å². The second kappa shape index (κ2) is 20.2. The number of carbonyl (C=O) groups is 3. The Balaban J connectivity index is 1.51. The molecule has 0 spiro atoms. The van der Waals surface area contributed by atoms with Gasteiger partial charge in [-0.3, -0.25) is 14.4 Å². The largest absolute Gasteiger partial charge is 0.460 e. The van der Waals surface area contributed by atoms with Crippen molar-refractivity contribution in [2.75, 3.05) is 13.2 Å². The highest BCUT2D eigenvalue weighted by atomic mass is 16.7. The van der Waals surface area contributed by atoms with Crippen molar-refractivity contribution < 1.29 is 28.6 Å². The number of hydrogen-bond acceptors (Lipinski definition) is 6. The van der Waals surface area contributed by atoms with E-state index in [1.807, 2.05) is 13.8 Å². The van der Waals surface area contributed by atoms with E-state index in [2.05, 4.69) is 29.7 Å². The summed E-state index contributed by atoms with van der Waals surface area (Å²) in [5.74, 6) is -1.41.